The predicted molar refractivity (Wildman–Crippen MR) is 130 cm³/mol. The average molecular weight is 482 g/mol. The summed E-state index contributed by atoms with van der Waals surface area (Å²) in [6.07, 6.45) is -1.25. The van der Waals surface area contributed by atoms with Crippen LogP contribution in [0.2, 0.25) is 0 Å². The first-order valence-electron chi connectivity index (χ1n) is 11.5. The topological polar surface area (TPSA) is 116 Å². The summed E-state index contributed by atoms with van der Waals surface area (Å²) < 4.78 is 5.52. The average Bonchev–Trinajstić information content (AvgIpc) is 3.16. The zero-order valence-corrected chi connectivity index (χ0v) is 20.2. The van der Waals surface area contributed by atoms with E-state index < -0.39 is 24.0 Å². The molecule has 0 spiro atoms. The Kier molecular flexibility index (Phi) is 8.46. The summed E-state index contributed by atoms with van der Waals surface area (Å²) >= 11 is 0. The lowest BCUT2D eigenvalue weighted by Gasteiger charge is -2.27. The number of ether oxygens (including phenoxy) is 1. The molecule has 0 heterocycles. The van der Waals surface area contributed by atoms with Crippen molar-refractivity contribution in [1.82, 2.24) is 15.1 Å². The van der Waals surface area contributed by atoms with Crippen LogP contribution in [-0.2, 0) is 19.1 Å². The smallest absolute Gasteiger partial charge is 0.407 e. The molecule has 9 nitrogen and oxygen atoms in total. The summed E-state index contributed by atoms with van der Waals surface area (Å²) in [6, 6.07) is 14.7. The number of alkyl carbamates (subject to hydrolysis) is 1. The van der Waals surface area contributed by atoms with Crippen LogP contribution in [0.1, 0.15) is 36.8 Å². The lowest BCUT2D eigenvalue weighted by molar-refractivity contribution is -0.141. The molecule has 0 bridgehead atoms. The minimum absolute atomic E-state index is 0.0658. The molecule has 1 aliphatic rings. The number of carbonyl (C=O) groups excluding carboxylic acids is 3. The first kappa shape index (κ1) is 25.7. The molecule has 0 aliphatic heterocycles. The quantitative estimate of drug-likeness (QED) is 0.539. The lowest BCUT2D eigenvalue weighted by Crippen LogP contribution is -2.51. The maximum atomic E-state index is 13.1. The van der Waals surface area contributed by atoms with Crippen LogP contribution in [0, 0.1) is 0 Å². The number of nitrogens with zero attached hydrogens (tertiary/aromatic N) is 2. The molecule has 0 radical (unpaired) electrons. The van der Waals surface area contributed by atoms with Crippen LogP contribution < -0.4 is 5.32 Å². The zero-order chi connectivity index (χ0) is 25.5. The van der Waals surface area contributed by atoms with E-state index in [9.17, 15) is 19.2 Å². The molecule has 2 N–H and O–H groups in total. The molecule has 186 valence electrons. The number of benzene rings is 2. The highest BCUT2D eigenvalue weighted by Crippen LogP contribution is 2.44. The van der Waals surface area contributed by atoms with Crippen molar-refractivity contribution in [2.45, 2.75) is 31.7 Å². The number of amides is 3. The van der Waals surface area contributed by atoms with Crippen LogP contribution in [0.4, 0.5) is 4.79 Å². The predicted octanol–water partition coefficient (Wildman–Crippen LogP) is 2.70. The van der Waals surface area contributed by atoms with E-state index in [4.69, 9.17) is 9.84 Å². The molecule has 1 aliphatic carbocycles. The summed E-state index contributed by atoms with van der Waals surface area (Å²) in [4.78, 5) is 51.6. The van der Waals surface area contributed by atoms with Gasteiger partial charge in [-0.15, -0.1) is 0 Å². The monoisotopic (exact) mass is 481 g/mol. The molecular weight excluding hydrogens is 450 g/mol. The fraction of sp³-hybridized carbons (Fsp3) is 0.385. The minimum atomic E-state index is -1.13. The molecule has 2 aromatic carbocycles. The van der Waals surface area contributed by atoms with Gasteiger partial charge in [0, 0.05) is 33.0 Å². The number of hydrogen-bond donors (Lipinski definition) is 2. The number of likely N-dealkylation sites (N-methyl/N-ethyl adjacent to an activating group) is 2. The molecule has 0 fully saturated rings. The molecule has 2 aromatic rings. The Hall–Kier alpha value is -3.88. The highest BCUT2D eigenvalue weighted by atomic mass is 16.5. The number of rotatable bonds is 10. The van der Waals surface area contributed by atoms with E-state index in [1.54, 1.807) is 21.0 Å². The van der Waals surface area contributed by atoms with Gasteiger partial charge in [0.15, 0.2) is 0 Å². The third-order valence-corrected chi connectivity index (χ3v) is 6.10. The van der Waals surface area contributed by atoms with Crippen LogP contribution >= 0.6 is 0 Å². The molecule has 3 amide bonds. The SMILES string of the molecule is CCN(CC(=O)N(C)C)C(=O)C(CCC(=O)O)NC(=O)OCC1c2ccccc2-c2ccccc21. The summed E-state index contributed by atoms with van der Waals surface area (Å²) in [5.74, 6) is -2.05. The molecule has 35 heavy (non-hydrogen) atoms. The van der Waals surface area contributed by atoms with Crippen molar-refractivity contribution in [3.05, 3.63) is 59.7 Å². The van der Waals surface area contributed by atoms with Gasteiger partial charge in [-0.2, -0.15) is 0 Å². The van der Waals surface area contributed by atoms with E-state index >= 15 is 0 Å². The molecule has 0 saturated carbocycles. The molecule has 0 saturated heterocycles. The van der Waals surface area contributed by atoms with Gasteiger partial charge in [-0.1, -0.05) is 48.5 Å². The van der Waals surface area contributed by atoms with Crippen molar-refractivity contribution in [3.8, 4) is 11.1 Å². The first-order chi connectivity index (χ1) is 16.7. The van der Waals surface area contributed by atoms with Crippen molar-refractivity contribution in [3.63, 3.8) is 0 Å². The van der Waals surface area contributed by atoms with Crippen molar-refractivity contribution < 1.29 is 29.0 Å². The van der Waals surface area contributed by atoms with Gasteiger partial charge in [-0.25, -0.2) is 4.79 Å². The number of aliphatic carboxylic acids is 1. The summed E-state index contributed by atoms with van der Waals surface area (Å²) in [7, 11) is 3.16. The van der Waals surface area contributed by atoms with E-state index in [1.807, 2.05) is 48.5 Å². The second-order valence-electron chi connectivity index (χ2n) is 8.60. The Morgan fingerprint density at radius 1 is 1.00 bits per heavy atom. The van der Waals surface area contributed by atoms with Crippen LogP contribution in [0.3, 0.4) is 0 Å². The van der Waals surface area contributed by atoms with E-state index in [2.05, 4.69) is 5.32 Å². The van der Waals surface area contributed by atoms with Crippen LogP contribution in [0.25, 0.3) is 11.1 Å². The van der Waals surface area contributed by atoms with Gasteiger partial charge in [-0.05, 0) is 35.6 Å². The van der Waals surface area contributed by atoms with Gasteiger partial charge in [0.05, 0.1) is 6.54 Å². The lowest BCUT2D eigenvalue weighted by atomic mass is 9.98. The number of hydrogen-bond acceptors (Lipinski definition) is 5. The van der Waals surface area contributed by atoms with Gasteiger partial charge in [0.25, 0.3) is 0 Å². The van der Waals surface area contributed by atoms with Gasteiger partial charge < -0.3 is 25.0 Å². The molecule has 3 rings (SSSR count). The van der Waals surface area contributed by atoms with Crippen LogP contribution in [0.5, 0.6) is 0 Å². The Morgan fingerprint density at radius 2 is 1.57 bits per heavy atom. The molecule has 1 atom stereocenters. The fourth-order valence-electron chi connectivity index (χ4n) is 4.18. The van der Waals surface area contributed by atoms with E-state index in [0.717, 1.165) is 22.3 Å². The molecular formula is C26H31N3O6. The van der Waals surface area contributed by atoms with Gasteiger partial charge >= 0.3 is 12.1 Å². The number of carboxylic acid groups (broad SMARTS) is 1. The minimum Gasteiger partial charge on any atom is -0.481 e. The van der Waals surface area contributed by atoms with Crippen molar-refractivity contribution in [1.29, 1.82) is 0 Å². The van der Waals surface area contributed by atoms with E-state index in [1.165, 1.54) is 9.80 Å². The zero-order valence-electron chi connectivity index (χ0n) is 20.2. The second-order valence-corrected chi connectivity index (χ2v) is 8.60. The molecule has 9 heteroatoms. The highest BCUT2D eigenvalue weighted by Gasteiger charge is 2.31. The van der Waals surface area contributed by atoms with Crippen molar-refractivity contribution in [2.24, 2.45) is 0 Å². The molecule has 0 aromatic heterocycles. The third-order valence-electron chi connectivity index (χ3n) is 6.10. The van der Waals surface area contributed by atoms with Gasteiger partial charge in [0.2, 0.25) is 11.8 Å². The summed E-state index contributed by atoms with van der Waals surface area (Å²) in [5, 5.41) is 11.6. The highest BCUT2D eigenvalue weighted by molar-refractivity contribution is 5.90. The number of nitrogens with one attached hydrogen (secondary N) is 1. The molecule has 1 unspecified atom stereocenters. The van der Waals surface area contributed by atoms with Crippen LogP contribution in [-0.4, -0.2) is 78.6 Å². The van der Waals surface area contributed by atoms with Crippen molar-refractivity contribution in [2.75, 3.05) is 33.8 Å². The Morgan fingerprint density at radius 3 is 2.09 bits per heavy atom. The normalized spacial score (nSPS) is 12.8. The fourth-order valence-corrected chi connectivity index (χ4v) is 4.18. The van der Waals surface area contributed by atoms with E-state index in [0.29, 0.717) is 0 Å². The first-order valence-corrected chi connectivity index (χ1v) is 11.5. The maximum Gasteiger partial charge on any atom is 0.407 e. The second kappa shape index (κ2) is 11.5. The van der Waals surface area contributed by atoms with E-state index in [-0.39, 0.29) is 44.4 Å². The third kappa shape index (κ3) is 6.17. The number of carbonyl (C=O) groups is 4. The standard InChI is InChI=1S/C26H31N3O6/c1-4-29(15-23(30)28(2)3)25(33)22(13-14-24(31)32)27-26(34)35-16-21-19-11-7-5-9-17(19)18-10-6-8-12-20(18)21/h5-12,21-22H,4,13-16H2,1-3H3,(H,27,34)(H,31,32). The maximum absolute atomic E-state index is 13.1. The van der Waals surface area contributed by atoms with Gasteiger partial charge in [0.1, 0.15) is 12.6 Å². The Balaban J connectivity index is 1.69. The summed E-state index contributed by atoms with van der Waals surface area (Å²) in [5.41, 5.74) is 4.30. The number of carboxylic acids is 1. The van der Waals surface area contributed by atoms with Crippen molar-refractivity contribution >= 4 is 23.9 Å². The van der Waals surface area contributed by atoms with Crippen LogP contribution in [0.15, 0.2) is 48.5 Å². The Labute approximate surface area is 204 Å². The Bertz CT molecular complexity index is 1050. The summed E-state index contributed by atoms with van der Waals surface area (Å²) in [6.45, 7) is 1.84. The largest absolute Gasteiger partial charge is 0.481 e. The van der Waals surface area contributed by atoms with Gasteiger partial charge in [-0.3, -0.25) is 14.4 Å². The number of fused-ring (bicyclic) bond motifs is 3.